The van der Waals surface area contributed by atoms with Crippen molar-refractivity contribution in [1.29, 1.82) is 0 Å². The van der Waals surface area contributed by atoms with E-state index < -0.39 is 0 Å². The second-order valence-corrected chi connectivity index (χ2v) is 2.36. The molecule has 0 rings (SSSR count). The Morgan fingerprint density at radius 1 is 1.50 bits per heavy atom. The third kappa shape index (κ3) is 3.45. The number of carbonyl (C=O) groups is 1. The lowest BCUT2D eigenvalue weighted by Gasteiger charge is -2.17. The maximum absolute atomic E-state index is 10.8. The normalized spacial score (nSPS) is 9.50. The van der Waals surface area contributed by atoms with Crippen LogP contribution in [0.3, 0.4) is 0 Å². The molecule has 0 aromatic carbocycles. The van der Waals surface area contributed by atoms with E-state index in [4.69, 9.17) is 0 Å². The molecular formula is C7H17N2O+. The Balaban J connectivity index is 3.61. The average molecular weight is 145 g/mol. The summed E-state index contributed by atoms with van der Waals surface area (Å²) in [6.45, 7) is 6.14. The first-order valence-electron chi connectivity index (χ1n) is 3.77. The molecule has 0 saturated carbocycles. The molecule has 0 fully saturated rings. The fourth-order valence-electron chi connectivity index (χ4n) is 0.887. The van der Waals surface area contributed by atoms with Crippen LogP contribution in [0.15, 0.2) is 0 Å². The summed E-state index contributed by atoms with van der Waals surface area (Å²) >= 11 is 0. The zero-order valence-electron chi connectivity index (χ0n) is 6.89. The molecule has 0 aliphatic heterocycles. The Kier molecular flexibility index (Phi) is 4.94. The molecule has 3 nitrogen and oxygen atoms in total. The smallest absolute Gasteiger partial charge is 0.219 e. The summed E-state index contributed by atoms with van der Waals surface area (Å²) in [5.74, 6) is 0.158. The maximum atomic E-state index is 10.8. The highest BCUT2D eigenvalue weighted by Gasteiger charge is 2.04. The molecule has 0 spiro atoms. The Morgan fingerprint density at radius 2 is 2.10 bits per heavy atom. The van der Waals surface area contributed by atoms with Crippen molar-refractivity contribution in [3.05, 3.63) is 0 Å². The number of nitrogens with zero attached hydrogens (tertiary/aromatic N) is 1. The van der Waals surface area contributed by atoms with Crippen LogP contribution in [0.1, 0.15) is 20.3 Å². The van der Waals surface area contributed by atoms with Crippen LogP contribution in [-0.4, -0.2) is 30.4 Å². The number of hydrogen-bond donors (Lipinski definition) is 1. The SMILES string of the molecule is CCCN(CC[NH3+])C(C)=O. The van der Waals surface area contributed by atoms with Gasteiger partial charge in [0.05, 0.1) is 13.1 Å². The number of hydrogen-bond acceptors (Lipinski definition) is 1. The van der Waals surface area contributed by atoms with Gasteiger partial charge in [0, 0.05) is 13.5 Å². The van der Waals surface area contributed by atoms with Gasteiger partial charge in [-0.05, 0) is 6.42 Å². The Labute approximate surface area is 62.2 Å². The van der Waals surface area contributed by atoms with Crippen LogP contribution in [-0.2, 0) is 4.79 Å². The third-order valence-electron chi connectivity index (χ3n) is 1.37. The van der Waals surface area contributed by atoms with Crippen molar-refractivity contribution in [3.63, 3.8) is 0 Å². The summed E-state index contributed by atoms with van der Waals surface area (Å²) in [6, 6.07) is 0. The molecule has 0 aliphatic rings. The van der Waals surface area contributed by atoms with E-state index in [0.717, 1.165) is 26.1 Å². The molecule has 0 atom stereocenters. The highest BCUT2D eigenvalue weighted by Crippen LogP contribution is 1.89. The van der Waals surface area contributed by atoms with Crippen molar-refractivity contribution < 1.29 is 10.5 Å². The second-order valence-electron chi connectivity index (χ2n) is 2.36. The van der Waals surface area contributed by atoms with Crippen LogP contribution < -0.4 is 5.73 Å². The third-order valence-corrected chi connectivity index (χ3v) is 1.37. The van der Waals surface area contributed by atoms with Crippen LogP contribution in [0.2, 0.25) is 0 Å². The molecule has 0 aromatic heterocycles. The van der Waals surface area contributed by atoms with Gasteiger partial charge in [-0.15, -0.1) is 0 Å². The van der Waals surface area contributed by atoms with E-state index in [0.29, 0.717) is 0 Å². The van der Waals surface area contributed by atoms with Gasteiger partial charge in [0.15, 0.2) is 0 Å². The number of quaternary nitrogens is 1. The number of amides is 1. The van der Waals surface area contributed by atoms with Gasteiger partial charge in [0.1, 0.15) is 0 Å². The van der Waals surface area contributed by atoms with Gasteiger partial charge in [-0.1, -0.05) is 6.92 Å². The molecule has 1 amide bonds. The number of rotatable bonds is 4. The minimum atomic E-state index is 0.158. The van der Waals surface area contributed by atoms with Gasteiger partial charge in [-0.3, -0.25) is 4.79 Å². The van der Waals surface area contributed by atoms with Crippen molar-refractivity contribution in [2.75, 3.05) is 19.6 Å². The van der Waals surface area contributed by atoms with Crippen molar-refractivity contribution in [3.8, 4) is 0 Å². The summed E-state index contributed by atoms with van der Waals surface area (Å²) in [4.78, 5) is 12.6. The molecule has 0 aliphatic carbocycles. The maximum Gasteiger partial charge on any atom is 0.219 e. The predicted molar refractivity (Wildman–Crippen MR) is 40.3 cm³/mol. The molecule has 10 heavy (non-hydrogen) atoms. The fraction of sp³-hybridized carbons (Fsp3) is 0.857. The van der Waals surface area contributed by atoms with Crippen LogP contribution in [0.25, 0.3) is 0 Å². The minimum Gasteiger partial charge on any atom is -0.356 e. The van der Waals surface area contributed by atoms with E-state index in [-0.39, 0.29) is 5.91 Å². The predicted octanol–water partition coefficient (Wildman–Crippen LogP) is -0.513. The second kappa shape index (κ2) is 5.23. The Morgan fingerprint density at radius 3 is 2.40 bits per heavy atom. The molecule has 3 heteroatoms. The largest absolute Gasteiger partial charge is 0.356 e. The van der Waals surface area contributed by atoms with E-state index in [1.54, 1.807) is 6.92 Å². The molecule has 0 unspecified atom stereocenters. The van der Waals surface area contributed by atoms with Gasteiger partial charge in [0.2, 0.25) is 5.91 Å². The summed E-state index contributed by atoms with van der Waals surface area (Å²) < 4.78 is 0. The van der Waals surface area contributed by atoms with Crippen molar-refractivity contribution in [2.45, 2.75) is 20.3 Å². The van der Waals surface area contributed by atoms with Crippen LogP contribution in [0.5, 0.6) is 0 Å². The monoisotopic (exact) mass is 145 g/mol. The Hall–Kier alpha value is -0.570. The lowest BCUT2D eigenvalue weighted by atomic mass is 10.4. The van der Waals surface area contributed by atoms with E-state index >= 15 is 0 Å². The molecule has 0 aromatic rings. The molecule has 0 bridgehead atoms. The molecule has 0 saturated heterocycles. The minimum absolute atomic E-state index is 0.158. The zero-order chi connectivity index (χ0) is 7.98. The highest BCUT2D eigenvalue weighted by atomic mass is 16.2. The summed E-state index contributed by atoms with van der Waals surface area (Å²) in [5, 5.41) is 0. The first kappa shape index (κ1) is 9.43. The molecular weight excluding hydrogens is 128 g/mol. The average Bonchev–Trinajstić information content (AvgIpc) is 1.87. The summed E-state index contributed by atoms with van der Waals surface area (Å²) in [6.07, 6.45) is 1.03. The van der Waals surface area contributed by atoms with Crippen LogP contribution in [0.4, 0.5) is 0 Å². The van der Waals surface area contributed by atoms with E-state index in [9.17, 15) is 4.79 Å². The summed E-state index contributed by atoms with van der Waals surface area (Å²) in [7, 11) is 0. The van der Waals surface area contributed by atoms with E-state index in [2.05, 4.69) is 12.7 Å². The standard InChI is InChI=1S/C7H16N2O/c1-3-5-9(6-4-8)7(2)10/h3-6,8H2,1-2H3/p+1. The van der Waals surface area contributed by atoms with Gasteiger partial charge in [-0.25, -0.2) is 0 Å². The molecule has 3 N–H and O–H groups in total. The van der Waals surface area contributed by atoms with Crippen molar-refractivity contribution in [2.24, 2.45) is 0 Å². The van der Waals surface area contributed by atoms with Gasteiger partial charge >= 0.3 is 0 Å². The van der Waals surface area contributed by atoms with Gasteiger partial charge in [0.25, 0.3) is 0 Å². The fourth-order valence-corrected chi connectivity index (χ4v) is 0.887. The van der Waals surface area contributed by atoms with Gasteiger partial charge in [-0.2, -0.15) is 0 Å². The Bertz CT molecular complexity index is 97.8. The highest BCUT2D eigenvalue weighted by molar-refractivity contribution is 5.73. The lowest BCUT2D eigenvalue weighted by molar-refractivity contribution is -0.368. The van der Waals surface area contributed by atoms with Crippen LogP contribution >= 0.6 is 0 Å². The van der Waals surface area contributed by atoms with E-state index in [1.165, 1.54) is 0 Å². The van der Waals surface area contributed by atoms with Crippen molar-refractivity contribution >= 4 is 5.91 Å². The first-order valence-corrected chi connectivity index (χ1v) is 3.77. The van der Waals surface area contributed by atoms with Crippen LogP contribution in [0, 0.1) is 0 Å². The molecule has 0 heterocycles. The summed E-state index contributed by atoms with van der Waals surface area (Å²) in [5.41, 5.74) is 3.70. The lowest BCUT2D eigenvalue weighted by Crippen LogP contribution is -2.55. The quantitative estimate of drug-likeness (QED) is 0.569. The van der Waals surface area contributed by atoms with Crippen molar-refractivity contribution in [1.82, 2.24) is 4.90 Å². The first-order chi connectivity index (χ1) is 4.72. The van der Waals surface area contributed by atoms with E-state index in [1.807, 2.05) is 4.90 Å². The molecule has 60 valence electrons. The molecule has 0 radical (unpaired) electrons. The van der Waals surface area contributed by atoms with Gasteiger partial charge < -0.3 is 10.6 Å². The topological polar surface area (TPSA) is 48.0 Å². The zero-order valence-corrected chi connectivity index (χ0v) is 6.89. The number of carbonyl (C=O) groups excluding carboxylic acids is 1.